The minimum Gasteiger partial charge on any atom is -0.493 e. The van der Waals surface area contributed by atoms with Gasteiger partial charge >= 0.3 is 0 Å². The summed E-state index contributed by atoms with van der Waals surface area (Å²) in [5, 5.41) is 6.28. The molecule has 6 heteroatoms. The van der Waals surface area contributed by atoms with E-state index in [1.165, 1.54) is 0 Å². The number of aliphatic imine (C=N–C) groups is 1. The van der Waals surface area contributed by atoms with Crippen LogP contribution in [0.25, 0.3) is 0 Å². The average molecular weight is 403 g/mol. The number of benzene rings is 1. The van der Waals surface area contributed by atoms with Crippen LogP contribution in [0.5, 0.6) is 11.5 Å². The molecule has 2 N–H and O–H groups in total. The summed E-state index contributed by atoms with van der Waals surface area (Å²) < 4.78 is 10.8. The van der Waals surface area contributed by atoms with Crippen molar-refractivity contribution < 1.29 is 9.47 Å². The molecule has 0 atom stereocenters. The molecule has 5 nitrogen and oxygen atoms in total. The van der Waals surface area contributed by atoms with Crippen LogP contribution in [0.3, 0.4) is 0 Å². The van der Waals surface area contributed by atoms with Crippen LogP contribution >= 0.6 is 24.0 Å². The Kier molecular flexibility index (Phi) is 10.2. The molecule has 0 unspecified atom stereocenters. The molecule has 0 aliphatic carbocycles. The summed E-state index contributed by atoms with van der Waals surface area (Å²) >= 11 is 0. The summed E-state index contributed by atoms with van der Waals surface area (Å²) in [6.07, 6.45) is 5.22. The number of anilines is 1. The summed E-state index contributed by atoms with van der Waals surface area (Å²) in [5.41, 5.74) is 0.849. The third-order valence-corrected chi connectivity index (χ3v) is 2.40. The fraction of sp³-hybridized carbons (Fsp3) is 0.400. The first-order valence-corrected chi connectivity index (χ1v) is 6.54. The molecule has 0 aromatic heterocycles. The number of halogens is 1. The van der Waals surface area contributed by atoms with Crippen molar-refractivity contribution in [3.63, 3.8) is 0 Å². The first-order chi connectivity index (χ1) is 9.74. The van der Waals surface area contributed by atoms with Crippen molar-refractivity contribution in [3.05, 3.63) is 18.2 Å². The van der Waals surface area contributed by atoms with Gasteiger partial charge in [0, 0.05) is 18.3 Å². The van der Waals surface area contributed by atoms with Crippen molar-refractivity contribution in [1.82, 2.24) is 5.32 Å². The predicted octanol–water partition coefficient (Wildman–Crippen LogP) is 2.72. The lowest BCUT2D eigenvalue weighted by atomic mass is 10.2. The van der Waals surface area contributed by atoms with E-state index in [9.17, 15) is 0 Å². The Labute approximate surface area is 143 Å². The molecule has 0 bridgehead atoms. The molecule has 0 spiro atoms. The largest absolute Gasteiger partial charge is 0.493 e. The first kappa shape index (κ1) is 19.4. The van der Waals surface area contributed by atoms with Crippen molar-refractivity contribution in [2.75, 3.05) is 32.1 Å². The average Bonchev–Trinajstić information content (AvgIpc) is 2.46. The van der Waals surface area contributed by atoms with Gasteiger partial charge in [-0.25, -0.2) is 4.99 Å². The monoisotopic (exact) mass is 403 g/mol. The highest BCUT2D eigenvalue weighted by Gasteiger charge is 2.06. The Morgan fingerprint density at radius 3 is 2.67 bits per heavy atom. The molecule has 0 heterocycles. The quantitative estimate of drug-likeness (QED) is 0.332. The summed E-state index contributed by atoms with van der Waals surface area (Å²) in [7, 11) is 1.61. The van der Waals surface area contributed by atoms with Crippen molar-refractivity contribution in [2.24, 2.45) is 4.99 Å². The van der Waals surface area contributed by atoms with Gasteiger partial charge in [0.1, 0.15) is 6.54 Å². The second-order valence-corrected chi connectivity index (χ2v) is 3.82. The fourth-order valence-corrected chi connectivity index (χ4v) is 1.59. The molecule has 0 radical (unpaired) electrons. The van der Waals surface area contributed by atoms with E-state index in [0.29, 0.717) is 30.6 Å². The van der Waals surface area contributed by atoms with E-state index in [4.69, 9.17) is 15.9 Å². The first-order valence-electron chi connectivity index (χ1n) is 6.54. The van der Waals surface area contributed by atoms with Gasteiger partial charge in [0.15, 0.2) is 17.5 Å². The van der Waals surface area contributed by atoms with Crippen LogP contribution in [0.15, 0.2) is 23.2 Å². The lowest BCUT2D eigenvalue weighted by Crippen LogP contribution is -2.30. The van der Waals surface area contributed by atoms with Gasteiger partial charge in [0.25, 0.3) is 0 Å². The van der Waals surface area contributed by atoms with E-state index in [1.54, 1.807) is 7.11 Å². The Balaban J connectivity index is 0.00000400. The molecule has 0 amide bonds. The van der Waals surface area contributed by atoms with Crippen LogP contribution in [-0.2, 0) is 0 Å². The normalized spacial score (nSPS) is 10.1. The van der Waals surface area contributed by atoms with E-state index in [2.05, 4.69) is 21.5 Å². The topological polar surface area (TPSA) is 54.9 Å². The van der Waals surface area contributed by atoms with Gasteiger partial charge in [-0.15, -0.1) is 30.4 Å². The zero-order chi connectivity index (χ0) is 14.8. The second kappa shape index (κ2) is 11.1. The number of guanidine groups is 1. The Bertz CT molecular complexity index is 498. The Morgan fingerprint density at radius 2 is 2.10 bits per heavy atom. The van der Waals surface area contributed by atoms with Crippen molar-refractivity contribution in [3.8, 4) is 23.8 Å². The van der Waals surface area contributed by atoms with Crippen molar-refractivity contribution >= 4 is 35.6 Å². The highest BCUT2D eigenvalue weighted by Crippen LogP contribution is 2.30. The van der Waals surface area contributed by atoms with Gasteiger partial charge in [-0.05, 0) is 26.0 Å². The minimum absolute atomic E-state index is 0. The highest BCUT2D eigenvalue weighted by atomic mass is 127. The van der Waals surface area contributed by atoms with E-state index in [0.717, 1.165) is 12.2 Å². The molecule has 0 saturated carbocycles. The third-order valence-electron chi connectivity index (χ3n) is 2.40. The van der Waals surface area contributed by atoms with Crippen LogP contribution in [-0.4, -0.2) is 32.8 Å². The number of nitrogens with zero attached hydrogens (tertiary/aromatic N) is 1. The van der Waals surface area contributed by atoms with Crippen LogP contribution in [0.4, 0.5) is 5.69 Å². The van der Waals surface area contributed by atoms with E-state index < -0.39 is 0 Å². The van der Waals surface area contributed by atoms with Gasteiger partial charge in [-0.3, -0.25) is 0 Å². The number of terminal acetylenes is 1. The van der Waals surface area contributed by atoms with E-state index in [1.807, 2.05) is 32.0 Å². The molecule has 0 fully saturated rings. The van der Waals surface area contributed by atoms with Gasteiger partial charge < -0.3 is 20.1 Å². The fourth-order valence-electron chi connectivity index (χ4n) is 1.59. The maximum Gasteiger partial charge on any atom is 0.196 e. The zero-order valence-electron chi connectivity index (χ0n) is 12.6. The third kappa shape index (κ3) is 6.58. The van der Waals surface area contributed by atoms with Gasteiger partial charge in [-0.2, -0.15) is 0 Å². The van der Waals surface area contributed by atoms with Crippen LogP contribution in [0, 0.1) is 12.3 Å². The zero-order valence-corrected chi connectivity index (χ0v) is 14.9. The van der Waals surface area contributed by atoms with Crippen LogP contribution < -0.4 is 20.1 Å². The summed E-state index contributed by atoms with van der Waals surface area (Å²) in [6.45, 7) is 5.59. The number of hydrogen-bond acceptors (Lipinski definition) is 3. The summed E-state index contributed by atoms with van der Waals surface area (Å²) in [6, 6.07) is 5.61. The maximum absolute atomic E-state index is 5.48. The van der Waals surface area contributed by atoms with Crippen molar-refractivity contribution in [1.29, 1.82) is 0 Å². The molecule has 0 aliphatic rings. The number of rotatable bonds is 6. The van der Waals surface area contributed by atoms with Gasteiger partial charge in [0.2, 0.25) is 0 Å². The number of methoxy groups -OCH3 is 1. The van der Waals surface area contributed by atoms with E-state index in [-0.39, 0.29) is 24.0 Å². The molecule has 116 valence electrons. The molecule has 0 saturated heterocycles. The van der Waals surface area contributed by atoms with Gasteiger partial charge in [-0.1, -0.05) is 5.92 Å². The molecule has 1 aromatic rings. The van der Waals surface area contributed by atoms with Crippen LogP contribution in [0.2, 0.25) is 0 Å². The van der Waals surface area contributed by atoms with E-state index >= 15 is 0 Å². The molecule has 0 aliphatic heterocycles. The predicted molar refractivity (Wildman–Crippen MR) is 98.0 cm³/mol. The maximum atomic E-state index is 5.48. The molecular formula is C15H22IN3O2. The summed E-state index contributed by atoms with van der Waals surface area (Å²) in [4.78, 5) is 4.23. The Morgan fingerprint density at radius 1 is 1.33 bits per heavy atom. The number of nitrogens with one attached hydrogen (secondary N) is 2. The summed E-state index contributed by atoms with van der Waals surface area (Å²) in [5.74, 6) is 4.50. The van der Waals surface area contributed by atoms with Crippen molar-refractivity contribution in [2.45, 2.75) is 13.8 Å². The number of hydrogen-bond donors (Lipinski definition) is 2. The lowest BCUT2D eigenvalue weighted by Gasteiger charge is -2.14. The molecular weight excluding hydrogens is 381 g/mol. The molecule has 1 aromatic carbocycles. The standard InChI is InChI=1S/C15H21N3O2.HI/c1-5-10-17-15(16-6-2)18-12-8-9-13(20-7-3)14(11-12)19-4;/h1,8-9,11H,6-7,10H2,2-4H3,(H2,16,17,18);1H. The SMILES string of the molecule is C#CCN=C(NCC)Nc1ccc(OCC)c(OC)c1.I. The van der Waals surface area contributed by atoms with Crippen LogP contribution in [0.1, 0.15) is 13.8 Å². The minimum atomic E-state index is 0. The highest BCUT2D eigenvalue weighted by molar-refractivity contribution is 14.0. The number of ether oxygens (including phenoxy) is 2. The Hall–Kier alpha value is -1.62. The lowest BCUT2D eigenvalue weighted by molar-refractivity contribution is 0.311. The molecule has 1 rings (SSSR count). The second-order valence-electron chi connectivity index (χ2n) is 3.82. The van der Waals surface area contributed by atoms with Gasteiger partial charge in [0.05, 0.1) is 13.7 Å². The smallest absolute Gasteiger partial charge is 0.196 e. The molecule has 21 heavy (non-hydrogen) atoms.